The smallest absolute Gasteiger partial charge is 0.327 e. The molecule has 0 bridgehead atoms. The molecule has 0 unspecified atom stereocenters. The van der Waals surface area contributed by atoms with Gasteiger partial charge in [0.2, 0.25) is 23.6 Å². The molecule has 38 heavy (non-hydrogen) atoms. The lowest BCUT2D eigenvalue weighted by Gasteiger charge is -2.29. The van der Waals surface area contributed by atoms with Gasteiger partial charge < -0.3 is 31.7 Å². The van der Waals surface area contributed by atoms with E-state index in [9.17, 15) is 29.1 Å². The van der Waals surface area contributed by atoms with Crippen LogP contribution in [-0.4, -0.2) is 87.9 Å². The molecule has 208 valence electrons. The maximum atomic E-state index is 13.5. The van der Waals surface area contributed by atoms with Crippen molar-refractivity contribution in [1.29, 1.82) is 0 Å². The summed E-state index contributed by atoms with van der Waals surface area (Å²) in [5.41, 5.74) is 6.92. The zero-order valence-electron chi connectivity index (χ0n) is 21.4. The van der Waals surface area contributed by atoms with Crippen LogP contribution in [0.4, 0.5) is 0 Å². The van der Waals surface area contributed by atoms with Crippen molar-refractivity contribution < 1.29 is 29.1 Å². The van der Waals surface area contributed by atoms with Crippen LogP contribution in [0.25, 0.3) is 0 Å². The fraction of sp³-hybridized carbons (Fsp3) is 0.560. The third-order valence-electron chi connectivity index (χ3n) is 6.50. The van der Waals surface area contributed by atoms with Gasteiger partial charge in [0.1, 0.15) is 24.2 Å². The van der Waals surface area contributed by atoms with Crippen LogP contribution < -0.4 is 21.7 Å². The molecule has 11 nitrogen and oxygen atoms in total. The molecule has 2 fully saturated rings. The number of nitrogens with one attached hydrogen (secondary N) is 3. The molecular weight excluding hydrogens is 530 g/mol. The molecule has 2 aliphatic rings. The lowest BCUT2D eigenvalue weighted by atomic mass is 10.0. The number of carbonyl (C=O) groups is 5. The number of hydrogen-bond acceptors (Lipinski definition) is 8. The monoisotopic (exact) mass is 565 g/mol. The number of nitrogens with zero attached hydrogens (tertiary/aromatic N) is 1. The summed E-state index contributed by atoms with van der Waals surface area (Å²) in [7, 11) is 2.41. The van der Waals surface area contributed by atoms with Gasteiger partial charge in [0.05, 0.1) is 6.04 Å². The van der Waals surface area contributed by atoms with Crippen LogP contribution in [0, 0.1) is 5.92 Å². The molecule has 1 aromatic rings. The lowest BCUT2D eigenvalue weighted by Crippen LogP contribution is -2.59. The molecule has 2 saturated heterocycles. The number of amides is 4. The number of hydrogen-bond donors (Lipinski definition) is 5. The predicted molar refractivity (Wildman–Crippen MR) is 146 cm³/mol. The van der Waals surface area contributed by atoms with E-state index in [0.29, 0.717) is 19.4 Å². The quantitative estimate of drug-likeness (QED) is 0.319. The van der Waals surface area contributed by atoms with E-state index >= 15 is 0 Å². The Morgan fingerprint density at radius 1 is 1.03 bits per heavy atom. The number of benzene rings is 1. The minimum Gasteiger partial charge on any atom is -0.480 e. The first-order valence-electron chi connectivity index (χ1n) is 12.6. The van der Waals surface area contributed by atoms with Crippen LogP contribution in [0.1, 0.15) is 32.3 Å². The fourth-order valence-electron chi connectivity index (χ4n) is 4.38. The fourth-order valence-corrected chi connectivity index (χ4v) is 6.65. The second-order valence-electron chi connectivity index (χ2n) is 9.75. The second-order valence-corrected chi connectivity index (χ2v) is 12.3. The number of aliphatic carboxylic acids is 1. The van der Waals surface area contributed by atoms with Crippen molar-refractivity contribution in [2.24, 2.45) is 11.7 Å². The summed E-state index contributed by atoms with van der Waals surface area (Å²) in [6.07, 6.45) is 1.24. The number of carboxylic acids is 1. The second kappa shape index (κ2) is 13.9. The van der Waals surface area contributed by atoms with Crippen molar-refractivity contribution in [3.8, 4) is 0 Å². The van der Waals surface area contributed by atoms with E-state index in [1.54, 1.807) is 13.8 Å². The van der Waals surface area contributed by atoms with E-state index in [2.05, 4.69) is 16.0 Å². The SMILES string of the molecule is CC(C)[C@@H]1NC(=O)[C@H](Cc2ccccc2)NC(=O)[C@H]2CCCN2C(=O)[C@@H](N)CSSC[C@@H](C(=O)O)NC1=O. The maximum Gasteiger partial charge on any atom is 0.327 e. The van der Waals surface area contributed by atoms with Gasteiger partial charge in [-0.1, -0.05) is 65.8 Å². The van der Waals surface area contributed by atoms with Crippen LogP contribution in [0.3, 0.4) is 0 Å². The zero-order chi connectivity index (χ0) is 27.8. The normalized spacial score (nSPS) is 28.2. The molecule has 0 saturated carbocycles. The molecule has 6 N–H and O–H groups in total. The van der Waals surface area contributed by atoms with E-state index in [0.717, 1.165) is 5.56 Å². The highest BCUT2D eigenvalue weighted by atomic mass is 33.1. The average molecular weight is 566 g/mol. The van der Waals surface area contributed by atoms with Gasteiger partial charge in [0.15, 0.2) is 0 Å². The van der Waals surface area contributed by atoms with Crippen molar-refractivity contribution in [3.63, 3.8) is 0 Å². The molecule has 0 spiro atoms. The number of carbonyl (C=O) groups excluding carboxylic acids is 4. The third-order valence-corrected chi connectivity index (χ3v) is 8.95. The van der Waals surface area contributed by atoms with Crippen molar-refractivity contribution in [2.75, 3.05) is 18.1 Å². The summed E-state index contributed by atoms with van der Waals surface area (Å²) < 4.78 is 0. The first kappa shape index (κ1) is 29.8. The van der Waals surface area contributed by atoms with Gasteiger partial charge in [-0.15, -0.1) is 0 Å². The number of fused-ring (bicyclic) bond motifs is 1. The van der Waals surface area contributed by atoms with Gasteiger partial charge in [-0.2, -0.15) is 0 Å². The Morgan fingerprint density at radius 3 is 2.37 bits per heavy atom. The summed E-state index contributed by atoms with van der Waals surface area (Å²) in [6.45, 7) is 3.86. The highest BCUT2D eigenvalue weighted by Gasteiger charge is 2.38. The van der Waals surface area contributed by atoms with Gasteiger partial charge in [0.25, 0.3) is 0 Å². The van der Waals surface area contributed by atoms with Crippen molar-refractivity contribution in [3.05, 3.63) is 35.9 Å². The highest BCUT2D eigenvalue weighted by Crippen LogP contribution is 2.25. The van der Waals surface area contributed by atoms with Crippen LogP contribution >= 0.6 is 21.6 Å². The molecule has 2 heterocycles. The molecule has 4 amide bonds. The zero-order valence-corrected chi connectivity index (χ0v) is 23.1. The first-order valence-corrected chi connectivity index (χ1v) is 15.1. The van der Waals surface area contributed by atoms with E-state index in [1.165, 1.54) is 26.5 Å². The van der Waals surface area contributed by atoms with E-state index < -0.39 is 53.9 Å². The summed E-state index contributed by atoms with van der Waals surface area (Å²) in [4.78, 5) is 66.2. The predicted octanol–water partition coefficient (Wildman–Crippen LogP) is 0.137. The standard InChI is InChI=1S/C25H35N5O6S2/c1-14(2)20-23(33)28-18(25(35)36)13-38-37-12-16(26)24(34)30-10-6-9-19(30)22(32)27-17(21(31)29-20)11-15-7-4-3-5-8-15/h3-5,7-8,14,16-20H,6,9-13,26H2,1-2H3,(H,27,32)(H,28,33)(H,29,31)(H,35,36)/t16-,17-,18-,19+,20-/m0/s1. The Morgan fingerprint density at radius 2 is 1.71 bits per heavy atom. The van der Waals surface area contributed by atoms with Crippen LogP contribution in [-0.2, 0) is 30.4 Å². The van der Waals surface area contributed by atoms with Crippen LogP contribution in [0.2, 0.25) is 0 Å². The first-order chi connectivity index (χ1) is 18.1. The van der Waals surface area contributed by atoms with Crippen molar-refractivity contribution >= 4 is 51.2 Å². The highest BCUT2D eigenvalue weighted by molar-refractivity contribution is 8.76. The summed E-state index contributed by atoms with van der Waals surface area (Å²) >= 11 is 0. The van der Waals surface area contributed by atoms with Crippen LogP contribution in [0.15, 0.2) is 30.3 Å². The van der Waals surface area contributed by atoms with E-state index in [1.807, 2.05) is 30.3 Å². The minimum absolute atomic E-state index is 0.0361. The molecule has 5 atom stereocenters. The van der Waals surface area contributed by atoms with Crippen LogP contribution in [0.5, 0.6) is 0 Å². The van der Waals surface area contributed by atoms with E-state index in [4.69, 9.17) is 5.73 Å². The van der Waals surface area contributed by atoms with Gasteiger partial charge >= 0.3 is 5.97 Å². The average Bonchev–Trinajstić information content (AvgIpc) is 3.37. The molecule has 0 radical (unpaired) electrons. The molecular formula is C25H35N5O6S2. The summed E-state index contributed by atoms with van der Waals surface area (Å²) in [6, 6.07) is 4.23. The largest absolute Gasteiger partial charge is 0.480 e. The molecule has 3 rings (SSSR count). The Bertz CT molecular complexity index is 1030. The van der Waals surface area contributed by atoms with Crippen molar-refractivity contribution in [1.82, 2.24) is 20.9 Å². The molecule has 0 aliphatic carbocycles. The third kappa shape index (κ3) is 7.87. The molecule has 2 aliphatic heterocycles. The molecule has 1 aromatic carbocycles. The summed E-state index contributed by atoms with van der Waals surface area (Å²) in [5.74, 6) is -3.36. The Balaban J connectivity index is 1.93. The minimum atomic E-state index is -1.22. The Kier molecular flexibility index (Phi) is 10.9. The van der Waals surface area contributed by atoms with Gasteiger partial charge in [0, 0.05) is 24.5 Å². The Labute approximate surface area is 229 Å². The van der Waals surface area contributed by atoms with E-state index in [-0.39, 0.29) is 29.8 Å². The molecule has 0 aromatic heterocycles. The number of nitrogens with two attached hydrogens (primary N) is 1. The maximum absolute atomic E-state index is 13.5. The van der Waals surface area contributed by atoms with Crippen molar-refractivity contribution in [2.45, 2.75) is 63.3 Å². The Hall–Kier alpha value is -2.77. The lowest BCUT2D eigenvalue weighted by molar-refractivity contribution is -0.142. The van der Waals surface area contributed by atoms with Gasteiger partial charge in [-0.3, -0.25) is 19.2 Å². The molecule has 13 heteroatoms. The van der Waals surface area contributed by atoms with Gasteiger partial charge in [-0.05, 0) is 24.3 Å². The number of carboxylic acid groups (broad SMARTS) is 1. The van der Waals surface area contributed by atoms with Gasteiger partial charge in [-0.25, -0.2) is 4.79 Å². The summed E-state index contributed by atoms with van der Waals surface area (Å²) in [5, 5.41) is 17.7. The topological polar surface area (TPSA) is 171 Å². The number of rotatable bonds is 4.